The summed E-state index contributed by atoms with van der Waals surface area (Å²) in [5.74, 6) is -0.963. The lowest BCUT2D eigenvalue weighted by Crippen LogP contribution is -2.32. The van der Waals surface area contributed by atoms with Crippen molar-refractivity contribution in [2.24, 2.45) is 5.92 Å². The van der Waals surface area contributed by atoms with E-state index in [0.29, 0.717) is 17.7 Å². The fraction of sp³-hybridized carbons (Fsp3) is 0.353. The lowest BCUT2D eigenvalue weighted by Gasteiger charge is -2.19. The number of hydrogen-bond donors (Lipinski definition) is 1. The minimum Gasteiger partial charge on any atom is -0.452 e. The zero-order valence-electron chi connectivity index (χ0n) is 12.4. The summed E-state index contributed by atoms with van der Waals surface area (Å²) in [6.07, 6.45) is 5.37. The molecule has 1 aliphatic carbocycles. The highest BCUT2D eigenvalue weighted by Gasteiger charge is 2.25. The molecule has 0 aromatic heterocycles. The molecule has 0 radical (unpaired) electrons. The molecule has 1 aromatic carbocycles. The quantitative estimate of drug-likeness (QED) is 0.684. The van der Waals surface area contributed by atoms with Gasteiger partial charge in [-0.25, -0.2) is 0 Å². The zero-order valence-corrected chi connectivity index (χ0v) is 12.4. The highest BCUT2D eigenvalue weighted by atomic mass is 16.5. The number of allylic oxidation sites excluding steroid dienone is 2. The first-order valence-corrected chi connectivity index (χ1v) is 7.27. The number of para-hydroxylation sites is 1. The van der Waals surface area contributed by atoms with Crippen LogP contribution in [0.25, 0.3) is 0 Å². The standard InChI is InChI=1S/C17H18N2O3/c1-12(22-17(21)13-7-3-2-4-8-13)16(20)19-15-10-6-5-9-14(15)11-18/h2-3,5-6,9-10,12-13H,4,7-8H2,1H3,(H,19,20). The van der Waals surface area contributed by atoms with E-state index in [1.54, 1.807) is 24.3 Å². The Labute approximate surface area is 129 Å². The Balaban J connectivity index is 1.93. The van der Waals surface area contributed by atoms with Gasteiger partial charge in [-0.15, -0.1) is 0 Å². The van der Waals surface area contributed by atoms with Crippen molar-refractivity contribution in [3.8, 4) is 6.07 Å². The van der Waals surface area contributed by atoms with Crippen LogP contribution in [0.15, 0.2) is 36.4 Å². The average molecular weight is 298 g/mol. The van der Waals surface area contributed by atoms with Gasteiger partial charge >= 0.3 is 5.97 Å². The van der Waals surface area contributed by atoms with Crippen molar-refractivity contribution in [1.82, 2.24) is 0 Å². The number of carbonyl (C=O) groups is 2. The summed E-state index contributed by atoms with van der Waals surface area (Å²) in [4.78, 5) is 24.1. The van der Waals surface area contributed by atoms with Crippen LogP contribution in [0.2, 0.25) is 0 Å². The van der Waals surface area contributed by atoms with E-state index in [2.05, 4.69) is 5.32 Å². The number of anilines is 1. The van der Waals surface area contributed by atoms with Crippen LogP contribution in [-0.2, 0) is 14.3 Å². The van der Waals surface area contributed by atoms with Gasteiger partial charge in [0.1, 0.15) is 6.07 Å². The third-order valence-electron chi connectivity index (χ3n) is 3.57. The number of carbonyl (C=O) groups excluding carboxylic acids is 2. The van der Waals surface area contributed by atoms with Crippen LogP contribution >= 0.6 is 0 Å². The Kier molecular flexibility index (Phi) is 5.31. The van der Waals surface area contributed by atoms with E-state index in [0.717, 1.165) is 12.8 Å². The summed E-state index contributed by atoms with van der Waals surface area (Å²) < 4.78 is 5.23. The number of hydrogen-bond acceptors (Lipinski definition) is 4. The molecule has 2 unspecified atom stereocenters. The second-order valence-electron chi connectivity index (χ2n) is 5.21. The molecular weight excluding hydrogens is 280 g/mol. The summed E-state index contributed by atoms with van der Waals surface area (Å²) in [7, 11) is 0. The lowest BCUT2D eigenvalue weighted by molar-refractivity contribution is -0.157. The number of ether oxygens (including phenoxy) is 1. The fourth-order valence-electron chi connectivity index (χ4n) is 2.26. The number of nitriles is 1. The largest absolute Gasteiger partial charge is 0.452 e. The van der Waals surface area contributed by atoms with Gasteiger partial charge in [0.05, 0.1) is 17.2 Å². The van der Waals surface area contributed by atoms with Crippen LogP contribution in [0, 0.1) is 17.2 Å². The van der Waals surface area contributed by atoms with Crippen molar-refractivity contribution < 1.29 is 14.3 Å². The topological polar surface area (TPSA) is 79.2 Å². The van der Waals surface area contributed by atoms with Crippen molar-refractivity contribution in [2.75, 3.05) is 5.32 Å². The lowest BCUT2D eigenvalue weighted by atomic mass is 9.95. The molecular formula is C17H18N2O3. The molecule has 1 N–H and O–H groups in total. The summed E-state index contributed by atoms with van der Waals surface area (Å²) in [6.45, 7) is 1.53. The maximum Gasteiger partial charge on any atom is 0.310 e. The molecule has 22 heavy (non-hydrogen) atoms. The summed E-state index contributed by atoms with van der Waals surface area (Å²) >= 11 is 0. The van der Waals surface area contributed by atoms with Gasteiger partial charge in [-0.1, -0.05) is 24.3 Å². The SMILES string of the molecule is CC(OC(=O)C1CC=CCC1)C(=O)Nc1ccccc1C#N. The molecule has 0 aliphatic heterocycles. The van der Waals surface area contributed by atoms with Gasteiger partial charge < -0.3 is 10.1 Å². The number of amides is 1. The molecule has 5 heteroatoms. The van der Waals surface area contributed by atoms with E-state index in [1.807, 2.05) is 18.2 Å². The number of esters is 1. The normalized spacial score (nSPS) is 18.1. The molecule has 5 nitrogen and oxygen atoms in total. The minimum absolute atomic E-state index is 0.174. The molecule has 0 saturated carbocycles. The molecule has 0 fully saturated rings. The van der Waals surface area contributed by atoms with Crippen molar-refractivity contribution >= 4 is 17.6 Å². The van der Waals surface area contributed by atoms with Crippen molar-refractivity contribution in [2.45, 2.75) is 32.3 Å². The van der Waals surface area contributed by atoms with Crippen molar-refractivity contribution in [3.63, 3.8) is 0 Å². The summed E-state index contributed by atoms with van der Waals surface area (Å²) in [5, 5.41) is 11.6. The maximum absolute atomic E-state index is 12.1. The number of nitrogens with zero attached hydrogens (tertiary/aromatic N) is 1. The third kappa shape index (κ3) is 3.95. The zero-order chi connectivity index (χ0) is 15.9. The van der Waals surface area contributed by atoms with Crippen molar-refractivity contribution in [3.05, 3.63) is 42.0 Å². The highest BCUT2D eigenvalue weighted by molar-refractivity contribution is 5.96. The predicted octanol–water partition coefficient (Wildman–Crippen LogP) is 2.78. The Morgan fingerprint density at radius 3 is 2.82 bits per heavy atom. The maximum atomic E-state index is 12.1. The Morgan fingerprint density at radius 2 is 2.14 bits per heavy atom. The van der Waals surface area contributed by atoms with Crippen LogP contribution in [0.1, 0.15) is 31.7 Å². The smallest absolute Gasteiger partial charge is 0.310 e. The molecule has 0 heterocycles. The molecule has 2 atom stereocenters. The number of nitrogens with one attached hydrogen (secondary N) is 1. The van der Waals surface area contributed by atoms with Gasteiger partial charge in [0.2, 0.25) is 0 Å². The second kappa shape index (κ2) is 7.41. The van der Waals surface area contributed by atoms with E-state index in [9.17, 15) is 9.59 Å². The molecule has 0 saturated heterocycles. The minimum atomic E-state index is -0.898. The van der Waals surface area contributed by atoms with E-state index in [4.69, 9.17) is 10.00 Å². The van der Waals surface area contributed by atoms with Gasteiger partial charge in [-0.3, -0.25) is 9.59 Å². The molecule has 1 amide bonds. The Hall–Kier alpha value is -2.61. The third-order valence-corrected chi connectivity index (χ3v) is 3.57. The Morgan fingerprint density at radius 1 is 1.36 bits per heavy atom. The van der Waals surface area contributed by atoms with Gasteiger partial charge in [0, 0.05) is 0 Å². The molecule has 114 valence electrons. The molecule has 2 rings (SSSR count). The van der Waals surface area contributed by atoms with E-state index in [1.165, 1.54) is 6.92 Å². The first-order chi connectivity index (χ1) is 10.6. The van der Waals surface area contributed by atoms with Crippen LogP contribution in [-0.4, -0.2) is 18.0 Å². The van der Waals surface area contributed by atoms with Crippen LogP contribution in [0.5, 0.6) is 0 Å². The van der Waals surface area contributed by atoms with Crippen molar-refractivity contribution in [1.29, 1.82) is 5.26 Å². The highest BCUT2D eigenvalue weighted by Crippen LogP contribution is 2.20. The van der Waals surface area contributed by atoms with Gasteiger partial charge in [0.25, 0.3) is 5.91 Å². The summed E-state index contributed by atoms with van der Waals surface area (Å²) in [5.41, 5.74) is 0.783. The van der Waals surface area contributed by atoms with Gasteiger partial charge in [-0.2, -0.15) is 5.26 Å². The number of benzene rings is 1. The van der Waals surface area contributed by atoms with Gasteiger partial charge in [0.15, 0.2) is 6.10 Å². The number of rotatable bonds is 4. The average Bonchev–Trinajstić information content (AvgIpc) is 2.56. The van der Waals surface area contributed by atoms with Crippen LogP contribution in [0.3, 0.4) is 0 Å². The van der Waals surface area contributed by atoms with Crippen LogP contribution < -0.4 is 5.32 Å². The fourth-order valence-corrected chi connectivity index (χ4v) is 2.26. The predicted molar refractivity (Wildman–Crippen MR) is 81.8 cm³/mol. The van der Waals surface area contributed by atoms with E-state index in [-0.39, 0.29) is 11.9 Å². The first kappa shape index (κ1) is 15.8. The van der Waals surface area contributed by atoms with Gasteiger partial charge in [-0.05, 0) is 38.3 Å². The van der Waals surface area contributed by atoms with E-state index >= 15 is 0 Å². The summed E-state index contributed by atoms with van der Waals surface area (Å²) in [6, 6.07) is 8.69. The molecule has 0 spiro atoms. The Bertz CT molecular complexity index is 631. The molecule has 1 aliphatic rings. The van der Waals surface area contributed by atoms with Crippen LogP contribution in [0.4, 0.5) is 5.69 Å². The monoisotopic (exact) mass is 298 g/mol. The van der Waals surface area contributed by atoms with E-state index < -0.39 is 12.0 Å². The molecule has 1 aromatic rings. The molecule has 0 bridgehead atoms. The first-order valence-electron chi connectivity index (χ1n) is 7.27. The second-order valence-corrected chi connectivity index (χ2v) is 5.21.